The van der Waals surface area contributed by atoms with Gasteiger partial charge in [0.05, 0.1) is 10.4 Å². The summed E-state index contributed by atoms with van der Waals surface area (Å²) in [6, 6.07) is 1.38. The lowest BCUT2D eigenvalue weighted by Gasteiger charge is -2.23. The number of H-pyrrole nitrogens is 1. The van der Waals surface area contributed by atoms with Crippen LogP contribution in [0.25, 0.3) is 0 Å². The Kier molecular flexibility index (Phi) is 4.19. The Labute approximate surface area is 139 Å². The number of aromatic nitrogens is 1. The minimum Gasteiger partial charge on any atom is -0.342 e. The normalized spacial score (nSPS) is 24.0. The van der Waals surface area contributed by atoms with Crippen LogP contribution in [0.1, 0.15) is 36.5 Å². The number of amides is 2. The first-order chi connectivity index (χ1) is 11.0. The first kappa shape index (κ1) is 16.1. The highest BCUT2D eigenvalue weighted by Gasteiger charge is 2.51. The van der Waals surface area contributed by atoms with E-state index in [9.17, 15) is 14.4 Å². The van der Waals surface area contributed by atoms with E-state index < -0.39 is 11.0 Å². The van der Waals surface area contributed by atoms with Crippen molar-refractivity contribution in [2.45, 2.75) is 26.2 Å². The molecule has 23 heavy (non-hydrogen) atoms. The molecule has 1 spiro atoms. The molecular weight excluding hydrogens is 318 g/mol. The van der Waals surface area contributed by atoms with Crippen molar-refractivity contribution in [2.75, 3.05) is 26.2 Å². The van der Waals surface area contributed by atoms with E-state index in [1.165, 1.54) is 12.3 Å². The summed E-state index contributed by atoms with van der Waals surface area (Å²) in [5.74, 6) is -0.206. The SMILES string of the molecule is CCCN1CCC2(CCN(C(=O)c3cc(Cl)c[nH]c3=O)C2)C1=O. The number of halogens is 1. The fourth-order valence-corrected chi connectivity index (χ4v) is 3.75. The van der Waals surface area contributed by atoms with Gasteiger partial charge in [0.2, 0.25) is 5.91 Å². The van der Waals surface area contributed by atoms with Crippen LogP contribution in [-0.2, 0) is 4.79 Å². The molecule has 2 aliphatic heterocycles. The molecule has 0 aromatic carbocycles. The van der Waals surface area contributed by atoms with Crippen LogP contribution in [0.3, 0.4) is 0 Å². The van der Waals surface area contributed by atoms with E-state index in [0.717, 1.165) is 25.9 Å². The van der Waals surface area contributed by atoms with Gasteiger partial charge >= 0.3 is 0 Å². The van der Waals surface area contributed by atoms with Gasteiger partial charge in [-0.2, -0.15) is 0 Å². The number of nitrogens with zero attached hydrogens (tertiary/aromatic N) is 2. The topological polar surface area (TPSA) is 73.5 Å². The molecule has 1 aromatic rings. The number of likely N-dealkylation sites (tertiary alicyclic amines) is 2. The molecule has 2 fully saturated rings. The molecule has 1 atom stereocenters. The summed E-state index contributed by atoms with van der Waals surface area (Å²) in [5, 5.41) is 0.313. The van der Waals surface area contributed by atoms with E-state index in [4.69, 9.17) is 11.6 Å². The fourth-order valence-electron chi connectivity index (χ4n) is 3.59. The summed E-state index contributed by atoms with van der Waals surface area (Å²) < 4.78 is 0. The third-order valence-corrected chi connectivity index (χ3v) is 5.05. The Bertz CT molecular complexity index is 702. The summed E-state index contributed by atoms with van der Waals surface area (Å²) in [4.78, 5) is 43.0. The maximum Gasteiger partial charge on any atom is 0.260 e. The molecule has 1 aromatic heterocycles. The van der Waals surface area contributed by atoms with Crippen LogP contribution in [0.5, 0.6) is 0 Å². The van der Waals surface area contributed by atoms with E-state index in [0.29, 0.717) is 24.5 Å². The number of carbonyl (C=O) groups is 2. The van der Waals surface area contributed by atoms with Gasteiger partial charge in [-0.3, -0.25) is 14.4 Å². The summed E-state index contributed by atoms with van der Waals surface area (Å²) in [7, 11) is 0. The number of rotatable bonds is 3. The second-order valence-corrected chi connectivity index (χ2v) is 6.80. The van der Waals surface area contributed by atoms with Crippen LogP contribution >= 0.6 is 11.6 Å². The van der Waals surface area contributed by atoms with Crippen LogP contribution in [-0.4, -0.2) is 52.8 Å². The molecule has 3 rings (SSSR count). The standard InChI is InChI=1S/C16H20ClN3O3/c1-2-5-19-6-3-16(15(19)23)4-7-20(10-16)14(22)12-8-11(17)9-18-13(12)21/h8-9H,2-7,10H2,1H3,(H,18,21). The van der Waals surface area contributed by atoms with Gasteiger partial charge in [-0.25, -0.2) is 0 Å². The summed E-state index contributed by atoms with van der Waals surface area (Å²) in [6.07, 6.45) is 3.73. The summed E-state index contributed by atoms with van der Waals surface area (Å²) in [6.45, 7) is 4.45. The molecule has 124 valence electrons. The molecular formula is C16H20ClN3O3. The predicted octanol–water partition coefficient (Wildman–Crippen LogP) is 1.50. The molecule has 0 radical (unpaired) electrons. The largest absolute Gasteiger partial charge is 0.342 e. The Balaban J connectivity index is 1.78. The summed E-state index contributed by atoms with van der Waals surface area (Å²) in [5.41, 5.74) is -0.882. The fraction of sp³-hybridized carbons (Fsp3) is 0.562. The number of carbonyl (C=O) groups excluding carboxylic acids is 2. The third kappa shape index (κ3) is 2.76. The van der Waals surface area contributed by atoms with Crippen LogP contribution in [0, 0.1) is 5.41 Å². The zero-order chi connectivity index (χ0) is 16.6. The third-order valence-electron chi connectivity index (χ3n) is 4.83. The van der Waals surface area contributed by atoms with Gasteiger partial charge in [0.15, 0.2) is 0 Å². The number of pyridine rings is 1. The molecule has 6 nitrogen and oxygen atoms in total. The van der Waals surface area contributed by atoms with E-state index in [2.05, 4.69) is 4.98 Å². The Morgan fingerprint density at radius 1 is 1.35 bits per heavy atom. The molecule has 2 aliphatic rings. The van der Waals surface area contributed by atoms with E-state index in [1.54, 1.807) is 4.90 Å². The minimum atomic E-state index is -0.462. The lowest BCUT2D eigenvalue weighted by molar-refractivity contribution is -0.135. The molecule has 2 amide bonds. The van der Waals surface area contributed by atoms with Gasteiger partial charge in [-0.15, -0.1) is 0 Å². The van der Waals surface area contributed by atoms with Crippen LogP contribution < -0.4 is 5.56 Å². The highest BCUT2D eigenvalue weighted by atomic mass is 35.5. The first-order valence-corrected chi connectivity index (χ1v) is 8.31. The quantitative estimate of drug-likeness (QED) is 0.908. The molecule has 0 aliphatic carbocycles. The van der Waals surface area contributed by atoms with Crippen molar-refractivity contribution in [2.24, 2.45) is 5.41 Å². The molecule has 0 bridgehead atoms. The maximum atomic E-state index is 12.6. The second-order valence-electron chi connectivity index (χ2n) is 6.36. The van der Waals surface area contributed by atoms with Crippen LogP contribution in [0.15, 0.2) is 17.1 Å². The Morgan fingerprint density at radius 2 is 2.09 bits per heavy atom. The molecule has 0 saturated carbocycles. The predicted molar refractivity (Wildman–Crippen MR) is 86.5 cm³/mol. The van der Waals surface area contributed by atoms with Gasteiger partial charge in [0, 0.05) is 32.4 Å². The van der Waals surface area contributed by atoms with Crippen molar-refractivity contribution in [3.63, 3.8) is 0 Å². The number of hydrogen-bond donors (Lipinski definition) is 1. The Morgan fingerprint density at radius 3 is 2.83 bits per heavy atom. The van der Waals surface area contributed by atoms with E-state index in [-0.39, 0.29) is 17.4 Å². The van der Waals surface area contributed by atoms with Gasteiger partial charge in [0.1, 0.15) is 5.56 Å². The van der Waals surface area contributed by atoms with Crippen molar-refractivity contribution in [1.82, 2.24) is 14.8 Å². The van der Waals surface area contributed by atoms with Gasteiger partial charge < -0.3 is 14.8 Å². The molecule has 1 unspecified atom stereocenters. The zero-order valence-corrected chi connectivity index (χ0v) is 13.9. The molecule has 3 heterocycles. The van der Waals surface area contributed by atoms with Crippen LogP contribution in [0.4, 0.5) is 0 Å². The van der Waals surface area contributed by atoms with Gasteiger partial charge in [-0.05, 0) is 25.3 Å². The highest BCUT2D eigenvalue weighted by Crippen LogP contribution is 2.41. The average Bonchev–Trinajstić information content (AvgIpc) is 3.09. The zero-order valence-electron chi connectivity index (χ0n) is 13.1. The van der Waals surface area contributed by atoms with Gasteiger partial charge in [0.25, 0.3) is 11.5 Å². The molecule has 7 heteroatoms. The van der Waals surface area contributed by atoms with Crippen molar-refractivity contribution in [1.29, 1.82) is 0 Å². The van der Waals surface area contributed by atoms with E-state index >= 15 is 0 Å². The highest BCUT2D eigenvalue weighted by molar-refractivity contribution is 6.30. The lowest BCUT2D eigenvalue weighted by atomic mass is 9.85. The molecule has 2 saturated heterocycles. The van der Waals surface area contributed by atoms with Crippen molar-refractivity contribution >= 4 is 23.4 Å². The summed E-state index contributed by atoms with van der Waals surface area (Å²) >= 11 is 5.86. The smallest absolute Gasteiger partial charge is 0.260 e. The second kappa shape index (κ2) is 6.00. The van der Waals surface area contributed by atoms with Crippen molar-refractivity contribution < 1.29 is 9.59 Å². The maximum absolute atomic E-state index is 12.6. The van der Waals surface area contributed by atoms with E-state index in [1.807, 2.05) is 11.8 Å². The lowest BCUT2D eigenvalue weighted by Crippen LogP contribution is -2.39. The number of hydrogen-bond acceptors (Lipinski definition) is 3. The monoisotopic (exact) mass is 337 g/mol. The van der Waals surface area contributed by atoms with Crippen molar-refractivity contribution in [3.05, 3.63) is 33.2 Å². The van der Waals surface area contributed by atoms with Gasteiger partial charge in [-0.1, -0.05) is 18.5 Å². The Hall–Kier alpha value is -1.82. The number of aromatic amines is 1. The minimum absolute atomic E-state index is 0.0328. The number of nitrogens with one attached hydrogen (secondary N) is 1. The average molecular weight is 338 g/mol. The van der Waals surface area contributed by atoms with Crippen LogP contribution in [0.2, 0.25) is 5.02 Å². The van der Waals surface area contributed by atoms with Crippen molar-refractivity contribution in [3.8, 4) is 0 Å². The molecule has 1 N–H and O–H groups in total. The first-order valence-electron chi connectivity index (χ1n) is 7.94.